The van der Waals surface area contributed by atoms with Gasteiger partial charge in [-0.05, 0) is 74.0 Å². The van der Waals surface area contributed by atoms with Crippen molar-refractivity contribution >= 4 is 133 Å². The van der Waals surface area contributed by atoms with E-state index in [1.54, 1.807) is 24.3 Å². The van der Waals surface area contributed by atoms with Crippen LogP contribution >= 0.6 is 23.2 Å². The van der Waals surface area contributed by atoms with Gasteiger partial charge in [0.1, 0.15) is 32.1 Å². The predicted molar refractivity (Wildman–Crippen MR) is 281 cm³/mol. The van der Waals surface area contributed by atoms with Gasteiger partial charge < -0.3 is 46.1 Å². The van der Waals surface area contributed by atoms with Gasteiger partial charge in [-0.15, -0.1) is 0 Å². The van der Waals surface area contributed by atoms with Crippen molar-refractivity contribution in [3.63, 3.8) is 0 Å². The summed E-state index contributed by atoms with van der Waals surface area (Å²) in [5.41, 5.74) is 0.542. The van der Waals surface area contributed by atoms with Crippen LogP contribution in [0.15, 0.2) is 97.5 Å². The van der Waals surface area contributed by atoms with Crippen LogP contribution in [0.25, 0.3) is 0 Å². The average Bonchev–Trinajstić information content (AvgIpc) is 3.57. The molecule has 78 heavy (non-hydrogen) atoms. The van der Waals surface area contributed by atoms with Crippen molar-refractivity contribution < 1.29 is 66.1 Å². The third kappa shape index (κ3) is 12.5. The minimum Gasteiger partial charge on any atom is -0.450 e. The fraction of sp³-hybridized carbons (Fsp3) is 0.163. The second-order valence-corrected chi connectivity index (χ2v) is 22.9. The molecule has 4 heterocycles. The molecule has 10 N–H and O–H groups in total. The van der Waals surface area contributed by atoms with Crippen LogP contribution in [0.2, 0.25) is 10.0 Å². The second kappa shape index (κ2) is 21.6. The molecule has 0 saturated carbocycles. The maximum atomic E-state index is 13.3. The Morgan fingerprint density at radius 2 is 0.923 bits per heavy atom. The van der Waals surface area contributed by atoms with Crippen molar-refractivity contribution in [1.82, 2.24) is 29.9 Å². The number of hydrogen-bond donors (Lipinski definition) is 10. The van der Waals surface area contributed by atoms with Gasteiger partial charge in [0.25, 0.3) is 40.5 Å². The fourth-order valence-electron chi connectivity index (χ4n) is 7.33. The molecule has 9 rings (SSSR count). The van der Waals surface area contributed by atoms with Crippen molar-refractivity contribution in [3.8, 4) is 23.0 Å². The van der Waals surface area contributed by atoms with E-state index >= 15 is 0 Å². The van der Waals surface area contributed by atoms with Crippen molar-refractivity contribution in [2.75, 3.05) is 64.5 Å². The first-order chi connectivity index (χ1) is 36.8. The van der Waals surface area contributed by atoms with Crippen LogP contribution in [0.4, 0.5) is 69.8 Å². The van der Waals surface area contributed by atoms with Gasteiger partial charge in [0, 0.05) is 38.2 Å². The number of nitrogens with zero attached hydrogens (tertiary/aromatic N) is 8. The summed E-state index contributed by atoms with van der Waals surface area (Å²) in [6.45, 7) is 2.20. The first-order valence-corrected chi connectivity index (χ1v) is 28.8. The maximum Gasteiger partial charge on any atom is 0.300 e. The Kier molecular flexibility index (Phi) is 15.3. The fourth-order valence-corrected chi connectivity index (χ4v) is 10.2. The SMILES string of the molecule is COCCCNc1nc(Nc2ccc(S(=O)(=O)O)cc2)nc(Nc2ccc3c(c2S(=O)(=O)O)Oc2c(Cl)c4c(c(Cl)c2=N3)Oc2c(ccc(Nc3nc(NCCS(=O)(=O)O)nc(Nc5ccc(C)cc5)n3)c2S(=O)(=O)O)N=4)n1. The normalized spacial score (nSPS) is 12.7. The number of aromatic nitrogens is 6. The number of methoxy groups -OCH3 is 1. The van der Waals surface area contributed by atoms with Crippen LogP contribution in [-0.4, -0.2) is 114 Å². The molecule has 0 bridgehead atoms. The molecule has 2 aromatic heterocycles. The molecule has 35 heteroatoms. The lowest BCUT2D eigenvalue weighted by molar-refractivity contribution is 0.197. The Morgan fingerprint density at radius 1 is 0.513 bits per heavy atom. The summed E-state index contributed by atoms with van der Waals surface area (Å²) >= 11 is 13.8. The van der Waals surface area contributed by atoms with E-state index in [4.69, 9.17) is 37.4 Å². The molecule has 7 aromatic rings. The van der Waals surface area contributed by atoms with E-state index in [0.717, 1.165) is 17.7 Å². The quantitative estimate of drug-likeness (QED) is 0.0298. The standard InChI is InChI=1S/C43H38Cl2N14O15S4/c1-20-4-6-21(7-5-20)48-40-55-39(47-17-19-75(60,61)62)57-43(58-40)53-27-15-13-25-33(37(27)78(69,70)71)74-35-29(45)30-34(28(44)31(35)51-25)73-32-24(50-30)12-14-26(36(32)77(66,67)68)52-42-56-38(46-16-3-18-72-2)54-41(59-42)49-22-8-10-23(11-9-22)76(63,64)65/h4-15H,3,16-19H2,1-2H3,(H,60,61,62)(H,63,64,65)(H,66,67,68)(H,69,70,71)(H3,46,49,52,54,56,59)(H3,47,48,53,55,57,58). The summed E-state index contributed by atoms with van der Waals surface area (Å²) in [6, 6.07) is 16.8. The first-order valence-electron chi connectivity index (χ1n) is 22.1. The molecule has 0 aliphatic carbocycles. The summed E-state index contributed by atoms with van der Waals surface area (Å²) < 4.78 is 157. The van der Waals surface area contributed by atoms with Gasteiger partial charge in [-0.3, -0.25) is 18.2 Å². The number of ether oxygens (including phenoxy) is 3. The highest BCUT2D eigenvalue weighted by atomic mass is 35.5. The number of aryl methyl sites for hydroxylation is 1. The van der Waals surface area contributed by atoms with Crippen molar-refractivity contribution in [1.29, 1.82) is 0 Å². The highest BCUT2D eigenvalue weighted by Crippen LogP contribution is 2.49. The molecule has 2 aliphatic heterocycles. The molecule has 0 fully saturated rings. The van der Waals surface area contributed by atoms with Gasteiger partial charge >= 0.3 is 0 Å². The Morgan fingerprint density at radius 3 is 1.33 bits per heavy atom. The second-order valence-electron chi connectivity index (χ2n) is 16.4. The average molecular weight is 1190 g/mol. The van der Waals surface area contributed by atoms with Gasteiger partial charge in [-0.25, -0.2) is 9.98 Å². The topological polar surface area (TPSA) is 419 Å². The number of rotatable bonds is 20. The monoisotopic (exact) mass is 1190 g/mol. The molecule has 0 unspecified atom stereocenters. The molecule has 0 spiro atoms. The molecule has 0 radical (unpaired) electrons. The summed E-state index contributed by atoms with van der Waals surface area (Å²) in [6.07, 6.45) is 0.516. The van der Waals surface area contributed by atoms with E-state index in [1.807, 2.05) is 6.92 Å². The van der Waals surface area contributed by atoms with Crippen LogP contribution in [0.5, 0.6) is 23.0 Å². The third-order valence-electron chi connectivity index (χ3n) is 10.7. The van der Waals surface area contributed by atoms with Crippen molar-refractivity contribution in [2.24, 2.45) is 9.98 Å². The summed E-state index contributed by atoms with van der Waals surface area (Å²) in [4.78, 5) is 32.5. The molecule has 0 atom stereocenters. The number of nitrogens with one attached hydrogen (secondary N) is 6. The van der Waals surface area contributed by atoms with Gasteiger partial charge in [0.2, 0.25) is 35.7 Å². The van der Waals surface area contributed by atoms with Crippen LogP contribution in [0.1, 0.15) is 12.0 Å². The highest BCUT2D eigenvalue weighted by Gasteiger charge is 2.35. The zero-order valence-corrected chi connectivity index (χ0v) is 44.5. The van der Waals surface area contributed by atoms with E-state index < -0.39 is 83.3 Å². The Labute approximate surface area is 451 Å². The van der Waals surface area contributed by atoms with E-state index in [1.165, 1.54) is 43.5 Å². The Hall–Kier alpha value is -7.70. The van der Waals surface area contributed by atoms with Crippen LogP contribution in [-0.2, 0) is 45.2 Å². The molecule has 2 aliphatic rings. The zero-order valence-electron chi connectivity index (χ0n) is 39.7. The minimum atomic E-state index is -5.26. The number of benzene rings is 5. The smallest absolute Gasteiger partial charge is 0.300 e. The summed E-state index contributed by atoms with van der Waals surface area (Å²) in [5, 5.41) is 15.6. The molecule has 0 saturated heterocycles. The zero-order chi connectivity index (χ0) is 55.9. The maximum absolute atomic E-state index is 13.3. The molecule has 408 valence electrons. The number of fused-ring (bicyclic) bond motifs is 4. The largest absolute Gasteiger partial charge is 0.450 e. The van der Waals surface area contributed by atoms with E-state index in [-0.39, 0.29) is 92.0 Å². The summed E-state index contributed by atoms with van der Waals surface area (Å²) in [7, 11) is -17.9. The van der Waals surface area contributed by atoms with Crippen molar-refractivity contribution in [3.05, 3.63) is 99.1 Å². The van der Waals surface area contributed by atoms with Gasteiger partial charge in [-0.1, -0.05) is 40.9 Å². The van der Waals surface area contributed by atoms with Crippen LogP contribution in [0.3, 0.4) is 0 Å². The lowest BCUT2D eigenvalue weighted by atomic mass is 10.2. The van der Waals surface area contributed by atoms with Gasteiger partial charge in [0.05, 0.1) is 22.0 Å². The van der Waals surface area contributed by atoms with Crippen molar-refractivity contribution in [2.45, 2.75) is 28.0 Å². The van der Waals surface area contributed by atoms with Gasteiger partial charge in [0.15, 0.2) is 32.8 Å². The van der Waals surface area contributed by atoms with E-state index in [2.05, 4.69) is 71.8 Å². The predicted octanol–water partition coefficient (Wildman–Crippen LogP) is 6.25. The first kappa shape index (κ1) is 55.1. The lowest BCUT2D eigenvalue weighted by Crippen LogP contribution is -2.23. The number of halogens is 2. The highest BCUT2D eigenvalue weighted by molar-refractivity contribution is 7.86. The number of anilines is 10. The molecule has 29 nitrogen and oxygen atoms in total. The van der Waals surface area contributed by atoms with Crippen LogP contribution < -0.4 is 52.1 Å². The lowest BCUT2D eigenvalue weighted by Gasteiger charge is -2.24. The minimum absolute atomic E-state index is 0.0225. The van der Waals surface area contributed by atoms with E-state index in [9.17, 15) is 51.9 Å². The Balaban J connectivity index is 1.07. The van der Waals surface area contributed by atoms with E-state index in [0.29, 0.717) is 25.3 Å². The Bertz CT molecular complexity index is 4170. The summed E-state index contributed by atoms with van der Waals surface area (Å²) in [5.74, 6) is -3.76. The van der Waals surface area contributed by atoms with Gasteiger partial charge in [-0.2, -0.15) is 63.6 Å². The van der Waals surface area contributed by atoms with Crippen LogP contribution in [0, 0.1) is 6.92 Å². The molecule has 5 aromatic carbocycles. The third-order valence-corrected chi connectivity index (χ3v) is 14.9. The molecular weight excluding hydrogens is 1150 g/mol. The molecular formula is C43H38Cl2N14O15S4. The number of hydrogen-bond acceptors (Lipinski definition) is 25. The molecule has 0 amide bonds.